The monoisotopic (exact) mass is 252 g/mol. The lowest BCUT2D eigenvalue weighted by Gasteiger charge is -2.31. The van der Waals surface area contributed by atoms with Crippen molar-refractivity contribution in [3.05, 3.63) is 0 Å². The molecule has 1 fully saturated rings. The summed E-state index contributed by atoms with van der Waals surface area (Å²) in [7, 11) is 0. The first-order chi connectivity index (χ1) is 7.84. The van der Waals surface area contributed by atoms with E-state index >= 15 is 0 Å². The standard InChI is InChI=1S/C11H19F3N2O/c1-2-9(15)10(17)16-8-5-3-4-7(6-8)11(12,13)14/h7-9H,2-6,15H2,1H3,(H,16,17)/t7?,8?,9-/m1/s1. The Bertz CT molecular complexity index is 268. The Morgan fingerprint density at radius 2 is 2.12 bits per heavy atom. The molecular weight excluding hydrogens is 233 g/mol. The number of carbonyl (C=O) groups excluding carboxylic acids is 1. The van der Waals surface area contributed by atoms with Crippen molar-refractivity contribution in [1.82, 2.24) is 5.32 Å². The van der Waals surface area contributed by atoms with Crippen LogP contribution in [0.3, 0.4) is 0 Å². The van der Waals surface area contributed by atoms with E-state index in [4.69, 9.17) is 5.73 Å². The molecule has 0 radical (unpaired) electrons. The normalized spacial score (nSPS) is 27.6. The second-order valence-electron chi connectivity index (χ2n) is 4.63. The number of rotatable bonds is 3. The Morgan fingerprint density at radius 3 is 2.65 bits per heavy atom. The molecular formula is C11H19F3N2O. The van der Waals surface area contributed by atoms with Gasteiger partial charge in [-0.15, -0.1) is 0 Å². The van der Waals surface area contributed by atoms with E-state index in [1.54, 1.807) is 6.92 Å². The van der Waals surface area contributed by atoms with Crippen molar-refractivity contribution in [2.24, 2.45) is 11.7 Å². The zero-order chi connectivity index (χ0) is 13.1. The lowest BCUT2D eigenvalue weighted by molar-refractivity contribution is -0.184. The van der Waals surface area contributed by atoms with Gasteiger partial charge in [0.2, 0.25) is 5.91 Å². The van der Waals surface area contributed by atoms with Crippen molar-refractivity contribution in [3.63, 3.8) is 0 Å². The molecule has 0 saturated heterocycles. The van der Waals surface area contributed by atoms with Gasteiger partial charge in [-0.25, -0.2) is 0 Å². The molecule has 3 N–H and O–H groups in total. The summed E-state index contributed by atoms with van der Waals surface area (Å²) in [6.45, 7) is 1.77. The summed E-state index contributed by atoms with van der Waals surface area (Å²) in [5, 5.41) is 2.61. The summed E-state index contributed by atoms with van der Waals surface area (Å²) >= 11 is 0. The van der Waals surface area contributed by atoms with Gasteiger partial charge >= 0.3 is 6.18 Å². The summed E-state index contributed by atoms with van der Waals surface area (Å²) in [6, 6.07) is -1.01. The van der Waals surface area contributed by atoms with Crippen molar-refractivity contribution < 1.29 is 18.0 Å². The van der Waals surface area contributed by atoms with Gasteiger partial charge in [-0.2, -0.15) is 13.2 Å². The smallest absolute Gasteiger partial charge is 0.352 e. The van der Waals surface area contributed by atoms with E-state index in [-0.39, 0.29) is 24.8 Å². The van der Waals surface area contributed by atoms with E-state index < -0.39 is 18.1 Å². The minimum absolute atomic E-state index is 0.0221. The maximum atomic E-state index is 12.5. The molecule has 1 amide bonds. The molecule has 100 valence electrons. The quantitative estimate of drug-likeness (QED) is 0.806. The van der Waals surface area contributed by atoms with Crippen molar-refractivity contribution in [3.8, 4) is 0 Å². The fourth-order valence-electron chi connectivity index (χ4n) is 2.11. The minimum Gasteiger partial charge on any atom is -0.352 e. The molecule has 1 aliphatic rings. The van der Waals surface area contributed by atoms with E-state index in [1.165, 1.54) is 0 Å². The Hall–Kier alpha value is -0.780. The zero-order valence-electron chi connectivity index (χ0n) is 9.89. The van der Waals surface area contributed by atoms with Gasteiger partial charge in [0.15, 0.2) is 0 Å². The first-order valence-corrected chi connectivity index (χ1v) is 5.97. The highest BCUT2D eigenvalue weighted by Crippen LogP contribution is 2.37. The van der Waals surface area contributed by atoms with Crippen LogP contribution in [-0.4, -0.2) is 24.2 Å². The molecule has 1 saturated carbocycles. The maximum Gasteiger partial charge on any atom is 0.391 e. The van der Waals surface area contributed by atoms with Gasteiger partial charge in [0.1, 0.15) is 0 Å². The Morgan fingerprint density at radius 1 is 1.47 bits per heavy atom. The molecule has 0 aromatic heterocycles. The van der Waals surface area contributed by atoms with Gasteiger partial charge in [-0.05, 0) is 25.7 Å². The number of nitrogens with one attached hydrogen (secondary N) is 1. The van der Waals surface area contributed by atoms with Gasteiger partial charge in [-0.1, -0.05) is 13.3 Å². The fraction of sp³-hybridized carbons (Fsp3) is 0.909. The van der Waals surface area contributed by atoms with Crippen LogP contribution in [0.25, 0.3) is 0 Å². The molecule has 0 aromatic carbocycles. The largest absolute Gasteiger partial charge is 0.391 e. The third-order valence-corrected chi connectivity index (χ3v) is 3.26. The Kier molecular flexibility index (Phi) is 4.80. The molecule has 6 heteroatoms. The number of amides is 1. The maximum absolute atomic E-state index is 12.5. The molecule has 0 bridgehead atoms. The van der Waals surface area contributed by atoms with Crippen LogP contribution in [0.2, 0.25) is 0 Å². The van der Waals surface area contributed by atoms with Gasteiger partial charge in [0, 0.05) is 6.04 Å². The van der Waals surface area contributed by atoms with E-state index in [0.717, 1.165) is 0 Å². The predicted octanol–water partition coefficient (Wildman–Crippen LogP) is 1.96. The van der Waals surface area contributed by atoms with E-state index in [9.17, 15) is 18.0 Å². The number of alkyl halides is 3. The van der Waals surface area contributed by atoms with Crippen LogP contribution in [0.5, 0.6) is 0 Å². The topological polar surface area (TPSA) is 55.1 Å². The van der Waals surface area contributed by atoms with Gasteiger partial charge < -0.3 is 11.1 Å². The number of hydrogen-bond donors (Lipinski definition) is 2. The zero-order valence-corrected chi connectivity index (χ0v) is 9.89. The number of hydrogen-bond acceptors (Lipinski definition) is 2. The summed E-state index contributed by atoms with van der Waals surface area (Å²) in [4.78, 5) is 11.5. The second-order valence-corrected chi connectivity index (χ2v) is 4.63. The summed E-state index contributed by atoms with van der Waals surface area (Å²) < 4.78 is 37.6. The summed E-state index contributed by atoms with van der Waals surface area (Å²) in [6.07, 6.45) is -2.43. The summed E-state index contributed by atoms with van der Waals surface area (Å²) in [5.74, 6) is -1.64. The highest BCUT2D eigenvalue weighted by Gasteiger charge is 2.42. The molecule has 0 aliphatic heterocycles. The van der Waals surface area contributed by atoms with Crippen molar-refractivity contribution in [2.75, 3.05) is 0 Å². The van der Waals surface area contributed by atoms with E-state index in [1.807, 2.05) is 0 Å². The van der Waals surface area contributed by atoms with Crippen LogP contribution in [-0.2, 0) is 4.79 Å². The van der Waals surface area contributed by atoms with Crippen LogP contribution in [0.15, 0.2) is 0 Å². The van der Waals surface area contributed by atoms with Crippen LogP contribution in [0, 0.1) is 5.92 Å². The first-order valence-electron chi connectivity index (χ1n) is 5.97. The van der Waals surface area contributed by atoms with Crippen LogP contribution in [0.4, 0.5) is 13.2 Å². The predicted molar refractivity (Wildman–Crippen MR) is 58.2 cm³/mol. The van der Waals surface area contributed by atoms with Gasteiger partial charge in [0.05, 0.1) is 12.0 Å². The molecule has 2 unspecified atom stereocenters. The minimum atomic E-state index is -4.16. The van der Waals surface area contributed by atoms with Crippen LogP contribution in [0.1, 0.15) is 39.0 Å². The third-order valence-electron chi connectivity index (χ3n) is 3.26. The van der Waals surface area contributed by atoms with E-state index in [0.29, 0.717) is 19.3 Å². The molecule has 3 nitrogen and oxygen atoms in total. The molecule has 0 aromatic rings. The average molecular weight is 252 g/mol. The molecule has 1 aliphatic carbocycles. The summed E-state index contributed by atoms with van der Waals surface area (Å²) in [5.41, 5.74) is 5.52. The van der Waals surface area contributed by atoms with Gasteiger partial charge in [0.25, 0.3) is 0 Å². The second kappa shape index (κ2) is 5.71. The van der Waals surface area contributed by atoms with Crippen molar-refractivity contribution >= 4 is 5.91 Å². The van der Waals surface area contributed by atoms with Gasteiger partial charge in [-0.3, -0.25) is 4.79 Å². The number of carbonyl (C=O) groups is 1. The van der Waals surface area contributed by atoms with Crippen LogP contribution < -0.4 is 11.1 Å². The van der Waals surface area contributed by atoms with Crippen LogP contribution >= 0.6 is 0 Å². The fourth-order valence-corrected chi connectivity index (χ4v) is 2.11. The molecule has 17 heavy (non-hydrogen) atoms. The molecule has 0 spiro atoms. The first kappa shape index (κ1) is 14.3. The Balaban J connectivity index is 2.48. The molecule has 1 rings (SSSR count). The highest BCUT2D eigenvalue weighted by molar-refractivity contribution is 5.81. The number of nitrogens with two attached hydrogens (primary N) is 1. The Labute approximate surface area is 98.9 Å². The average Bonchev–Trinajstić information content (AvgIpc) is 2.27. The van der Waals surface area contributed by atoms with Crippen molar-refractivity contribution in [2.45, 2.75) is 57.3 Å². The lowest BCUT2D eigenvalue weighted by atomic mass is 9.85. The lowest BCUT2D eigenvalue weighted by Crippen LogP contribution is -2.47. The van der Waals surface area contributed by atoms with E-state index in [2.05, 4.69) is 5.32 Å². The number of halogens is 3. The molecule has 3 atom stereocenters. The SMILES string of the molecule is CC[C@@H](N)C(=O)NC1CCCC(C(F)(F)F)C1. The third kappa shape index (κ3) is 4.18. The molecule has 0 heterocycles. The highest BCUT2D eigenvalue weighted by atomic mass is 19.4. The van der Waals surface area contributed by atoms with Crippen molar-refractivity contribution in [1.29, 1.82) is 0 Å².